The first-order chi connectivity index (χ1) is 12.1. The second kappa shape index (κ2) is 5.96. The van der Waals surface area contributed by atoms with Crippen LogP contribution in [-0.4, -0.2) is 21.8 Å². The van der Waals surface area contributed by atoms with E-state index in [4.69, 9.17) is 0 Å². The van der Waals surface area contributed by atoms with Crippen LogP contribution in [-0.2, 0) is 6.54 Å². The van der Waals surface area contributed by atoms with Crippen molar-refractivity contribution in [2.45, 2.75) is 32.9 Å². The minimum absolute atomic E-state index is 0.0623. The van der Waals surface area contributed by atoms with Crippen LogP contribution in [0.3, 0.4) is 0 Å². The van der Waals surface area contributed by atoms with Crippen molar-refractivity contribution in [1.29, 1.82) is 0 Å². The molecule has 0 aliphatic carbocycles. The molecule has 1 atom stereocenters. The van der Waals surface area contributed by atoms with E-state index < -0.39 is 0 Å². The molecule has 3 aromatic rings. The Balaban J connectivity index is 2.03. The molecule has 0 bridgehead atoms. The van der Waals surface area contributed by atoms with Crippen molar-refractivity contribution in [3.05, 3.63) is 65.6 Å². The van der Waals surface area contributed by atoms with Crippen molar-refractivity contribution in [3.63, 3.8) is 0 Å². The number of pyridine rings is 1. The fourth-order valence-electron chi connectivity index (χ4n) is 3.51. The monoisotopic (exact) mass is 334 g/mol. The number of amides is 1. The van der Waals surface area contributed by atoms with E-state index in [2.05, 4.69) is 11.9 Å². The molecule has 2 aromatic carbocycles. The van der Waals surface area contributed by atoms with Gasteiger partial charge in [-0.15, -0.1) is 0 Å². The Bertz CT molecular complexity index is 983. The lowest BCUT2D eigenvalue weighted by atomic mass is 9.94. The first-order valence-corrected chi connectivity index (χ1v) is 8.59. The molecule has 1 aliphatic rings. The summed E-state index contributed by atoms with van der Waals surface area (Å²) in [7, 11) is 0. The van der Waals surface area contributed by atoms with Crippen LogP contribution < -0.4 is 0 Å². The number of hydrogen-bond donors (Lipinski definition) is 0. The summed E-state index contributed by atoms with van der Waals surface area (Å²) in [4.78, 5) is 19.3. The highest BCUT2D eigenvalue weighted by atomic mass is 19.1. The van der Waals surface area contributed by atoms with Crippen LogP contribution in [0.5, 0.6) is 0 Å². The van der Waals surface area contributed by atoms with E-state index in [0.29, 0.717) is 17.8 Å². The van der Waals surface area contributed by atoms with Crippen molar-refractivity contribution in [2.24, 2.45) is 0 Å². The fraction of sp³-hybridized carbons (Fsp3) is 0.238. The van der Waals surface area contributed by atoms with E-state index in [0.717, 1.165) is 28.5 Å². The summed E-state index contributed by atoms with van der Waals surface area (Å²) in [5.41, 5.74) is 3.32. The molecule has 4 heteroatoms. The van der Waals surface area contributed by atoms with Gasteiger partial charge in [-0.25, -0.2) is 9.37 Å². The average Bonchev–Trinajstić information content (AvgIpc) is 2.96. The number of para-hydroxylation sites is 1. The minimum atomic E-state index is -0.282. The van der Waals surface area contributed by atoms with Crippen LogP contribution in [0.25, 0.3) is 22.0 Å². The predicted molar refractivity (Wildman–Crippen MR) is 96.8 cm³/mol. The Kier molecular flexibility index (Phi) is 3.75. The van der Waals surface area contributed by atoms with Gasteiger partial charge in [0, 0.05) is 34.7 Å². The molecule has 2 heterocycles. The van der Waals surface area contributed by atoms with Gasteiger partial charge in [0.2, 0.25) is 0 Å². The third kappa shape index (κ3) is 2.40. The molecule has 0 fully saturated rings. The van der Waals surface area contributed by atoms with Crippen LogP contribution >= 0.6 is 0 Å². The molecule has 0 spiro atoms. The molecule has 0 unspecified atom stereocenters. The second-order valence-corrected chi connectivity index (χ2v) is 6.50. The Labute approximate surface area is 146 Å². The average molecular weight is 334 g/mol. The molecule has 0 saturated heterocycles. The van der Waals surface area contributed by atoms with Gasteiger partial charge in [0.05, 0.1) is 5.52 Å². The van der Waals surface area contributed by atoms with E-state index in [1.54, 1.807) is 12.1 Å². The highest BCUT2D eigenvalue weighted by Crippen LogP contribution is 2.38. The van der Waals surface area contributed by atoms with Crippen LogP contribution in [0.15, 0.2) is 48.5 Å². The highest BCUT2D eigenvalue weighted by Gasteiger charge is 2.35. The molecule has 0 saturated carbocycles. The van der Waals surface area contributed by atoms with Gasteiger partial charge in [-0.3, -0.25) is 4.79 Å². The maximum absolute atomic E-state index is 14.6. The van der Waals surface area contributed by atoms with Crippen molar-refractivity contribution < 1.29 is 9.18 Å². The molecule has 126 valence electrons. The number of aromatic nitrogens is 1. The van der Waals surface area contributed by atoms with Crippen molar-refractivity contribution in [3.8, 4) is 11.1 Å². The lowest BCUT2D eigenvalue weighted by Crippen LogP contribution is -2.32. The number of benzene rings is 2. The molecule has 1 amide bonds. The molecule has 1 aliphatic heterocycles. The molecule has 3 nitrogen and oxygen atoms in total. The molecule has 1 aromatic heterocycles. The number of halogens is 1. The van der Waals surface area contributed by atoms with Gasteiger partial charge in [0.25, 0.3) is 5.91 Å². The zero-order valence-corrected chi connectivity index (χ0v) is 14.3. The van der Waals surface area contributed by atoms with Gasteiger partial charge >= 0.3 is 0 Å². The van der Waals surface area contributed by atoms with E-state index in [-0.39, 0.29) is 17.8 Å². The zero-order chi connectivity index (χ0) is 17.6. The van der Waals surface area contributed by atoms with Gasteiger partial charge in [-0.05, 0) is 25.5 Å². The van der Waals surface area contributed by atoms with Gasteiger partial charge in [0.15, 0.2) is 0 Å². The lowest BCUT2D eigenvalue weighted by molar-refractivity contribution is 0.0709. The predicted octanol–water partition coefficient (Wildman–Crippen LogP) is 4.80. The first kappa shape index (κ1) is 15.8. The zero-order valence-electron chi connectivity index (χ0n) is 14.3. The molecule has 0 radical (unpaired) electrons. The standard InChI is InChI=1S/C21H19FN2O/c1-3-13(2)24-12-16-19(14-8-4-6-10-17(14)22)15-9-5-7-11-18(15)23-20(16)21(24)25/h4-11,13H,3,12H2,1-2H3/t13-/m1/s1. The Hall–Kier alpha value is -2.75. The Morgan fingerprint density at radius 3 is 2.64 bits per heavy atom. The number of nitrogens with zero attached hydrogens (tertiary/aromatic N) is 2. The maximum Gasteiger partial charge on any atom is 0.273 e. The van der Waals surface area contributed by atoms with Gasteiger partial charge in [-0.1, -0.05) is 43.3 Å². The van der Waals surface area contributed by atoms with Gasteiger partial charge in [-0.2, -0.15) is 0 Å². The number of carbonyl (C=O) groups is 1. The topological polar surface area (TPSA) is 33.2 Å². The largest absolute Gasteiger partial charge is 0.330 e. The summed E-state index contributed by atoms with van der Waals surface area (Å²) in [5, 5.41) is 0.880. The molecular weight excluding hydrogens is 315 g/mol. The lowest BCUT2D eigenvalue weighted by Gasteiger charge is -2.22. The maximum atomic E-state index is 14.6. The van der Waals surface area contributed by atoms with Gasteiger partial charge < -0.3 is 4.90 Å². The minimum Gasteiger partial charge on any atom is -0.330 e. The Morgan fingerprint density at radius 1 is 1.16 bits per heavy atom. The smallest absolute Gasteiger partial charge is 0.273 e. The molecule has 0 N–H and O–H groups in total. The first-order valence-electron chi connectivity index (χ1n) is 8.59. The van der Waals surface area contributed by atoms with E-state index in [1.807, 2.05) is 42.2 Å². The number of rotatable bonds is 3. The summed E-state index contributed by atoms with van der Waals surface area (Å²) in [5.74, 6) is -0.344. The van der Waals surface area contributed by atoms with Crippen LogP contribution in [0.4, 0.5) is 4.39 Å². The summed E-state index contributed by atoms with van der Waals surface area (Å²) in [6.45, 7) is 4.57. The SMILES string of the molecule is CC[C@@H](C)N1Cc2c(nc3ccccc3c2-c2ccccc2F)C1=O. The van der Waals surface area contributed by atoms with E-state index in [1.165, 1.54) is 6.07 Å². The van der Waals surface area contributed by atoms with Crippen molar-refractivity contribution >= 4 is 16.8 Å². The van der Waals surface area contributed by atoms with Crippen LogP contribution in [0.1, 0.15) is 36.3 Å². The second-order valence-electron chi connectivity index (χ2n) is 6.50. The van der Waals surface area contributed by atoms with Crippen LogP contribution in [0, 0.1) is 5.82 Å². The van der Waals surface area contributed by atoms with E-state index in [9.17, 15) is 9.18 Å². The third-order valence-electron chi connectivity index (χ3n) is 5.05. The summed E-state index contributed by atoms with van der Waals surface area (Å²) in [6.07, 6.45) is 0.869. The quantitative estimate of drug-likeness (QED) is 0.689. The molecular formula is C21H19FN2O. The van der Waals surface area contributed by atoms with Gasteiger partial charge in [0.1, 0.15) is 11.5 Å². The number of fused-ring (bicyclic) bond motifs is 2. The molecule has 4 rings (SSSR count). The van der Waals surface area contributed by atoms with Crippen molar-refractivity contribution in [1.82, 2.24) is 9.88 Å². The fourth-order valence-corrected chi connectivity index (χ4v) is 3.51. The summed E-state index contributed by atoms with van der Waals surface area (Å²) >= 11 is 0. The Morgan fingerprint density at radius 2 is 1.88 bits per heavy atom. The van der Waals surface area contributed by atoms with Crippen molar-refractivity contribution in [2.75, 3.05) is 0 Å². The summed E-state index contributed by atoms with van der Waals surface area (Å²) < 4.78 is 14.6. The van der Waals surface area contributed by atoms with E-state index >= 15 is 0 Å². The third-order valence-corrected chi connectivity index (χ3v) is 5.05. The normalized spacial score (nSPS) is 14.8. The number of hydrogen-bond acceptors (Lipinski definition) is 2. The van der Waals surface area contributed by atoms with Crippen LogP contribution in [0.2, 0.25) is 0 Å². The number of carbonyl (C=O) groups excluding carboxylic acids is 1. The summed E-state index contributed by atoms with van der Waals surface area (Å²) in [6, 6.07) is 14.5. The molecule has 25 heavy (non-hydrogen) atoms. The highest BCUT2D eigenvalue weighted by molar-refractivity contribution is 6.06.